The maximum Gasteiger partial charge on any atom is 0.224 e. The van der Waals surface area contributed by atoms with E-state index in [0.717, 1.165) is 0 Å². The fourth-order valence-electron chi connectivity index (χ4n) is 2.03. The van der Waals surface area contributed by atoms with Crippen molar-refractivity contribution in [2.45, 2.75) is 18.6 Å². The van der Waals surface area contributed by atoms with Gasteiger partial charge in [0.05, 0.1) is 18.6 Å². The van der Waals surface area contributed by atoms with Gasteiger partial charge in [0, 0.05) is 5.02 Å². The predicted octanol–water partition coefficient (Wildman–Crippen LogP) is 3.14. The molecule has 2 N–H and O–H groups in total. The van der Waals surface area contributed by atoms with Crippen LogP contribution in [0.2, 0.25) is 5.02 Å². The molecule has 5 heteroatoms. The highest BCUT2D eigenvalue weighted by Gasteiger charge is 2.17. The maximum atomic E-state index is 12.0. The van der Waals surface area contributed by atoms with Gasteiger partial charge in [0.25, 0.3) is 0 Å². The molecule has 2 aromatic carbocycles. The van der Waals surface area contributed by atoms with Gasteiger partial charge in [0.15, 0.2) is 0 Å². The second-order valence-electron chi connectivity index (χ2n) is 4.81. The molecule has 2 aromatic rings. The van der Waals surface area contributed by atoms with Crippen LogP contribution in [0.5, 0.6) is 0 Å². The van der Waals surface area contributed by atoms with Crippen LogP contribution < -0.4 is 5.32 Å². The maximum absolute atomic E-state index is 12.0. The number of amides is 1. The van der Waals surface area contributed by atoms with Crippen molar-refractivity contribution in [1.29, 1.82) is 5.26 Å². The molecule has 0 bridgehead atoms. The van der Waals surface area contributed by atoms with Crippen LogP contribution in [-0.2, 0) is 4.79 Å². The Bertz CT molecular complexity index is 665. The Balaban J connectivity index is 1.98. The Morgan fingerprint density at radius 1 is 1.14 bits per heavy atom. The van der Waals surface area contributed by atoms with E-state index < -0.39 is 18.1 Å². The molecule has 0 fully saturated rings. The van der Waals surface area contributed by atoms with Gasteiger partial charge >= 0.3 is 0 Å². The Hall–Kier alpha value is -2.35. The van der Waals surface area contributed by atoms with Crippen LogP contribution in [0.1, 0.15) is 29.7 Å². The minimum atomic E-state index is -0.897. The molecular weight excluding hydrogens is 300 g/mol. The van der Waals surface area contributed by atoms with Gasteiger partial charge in [-0.25, -0.2) is 0 Å². The first-order chi connectivity index (χ1) is 10.6. The molecule has 2 rings (SSSR count). The van der Waals surface area contributed by atoms with Crippen molar-refractivity contribution in [3.05, 3.63) is 70.7 Å². The molecule has 4 nitrogen and oxygen atoms in total. The van der Waals surface area contributed by atoms with E-state index in [2.05, 4.69) is 5.32 Å². The number of nitrogens with zero attached hydrogens (tertiary/aromatic N) is 1. The van der Waals surface area contributed by atoms with Crippen molar-refractivity contribution in [2.75, 3.05) is 0 Å². The Kier molecular flexibility index (Phi) is 5.54. The largest absolute Gasteiger partial charge is 0.388 e. The van der Waals surface area contributed by atoms with Gasteiger partial charge in [-0.05, 0) is 23.3 Å². The lowest BCUT2D eigenvalue weighted by Gasteiger charge is -2.15. The molecule has 0 heterocycles. The van der Waals surface area contributed by atoms with E-state index in [0.29, 0.717) is 16.1 Å². The molecule has 112 valence electrons. The quantitative estimate of drug-likeness (QED) is 0.890. The average Bonchev–Trinajstić information content (AvgIpc) is 2.54. The second-order valence-corrected chi connectivity index (χ2v) is 5.25. The Labute approximate surface area is 134 Å². The monoisotopic (exact) mass is 314 g/mol. The molecule has 1 amide bonds. The summed E-state index contributed by atoms with van der Waals surface area (Å²) in [5.41, 5.74) is 1.31. The summed E-state index contributed by atoms with van der Waals surface area (Å²) in [5.74, 6) is -0.391. The first kappa shape index (κ1) is 16.0. The van der Waals surface area contributed by atoms with E-state index in [1.807, 2.05) is 12.1 Å². The van der Waals surface area contributed by atoms with Crippen LogP contribution in [-0.4, -0.2) is 11.0 Å². The number of hydrogen-bond donors (Lipinski definition) is 2. The number of benzene rings is 2. The minimum Gasteiger partial charge on any atom is -0.388 e. The van der Waals surface area contributed by atoms with Crippen LogP contribution >= 0.6 is 11.6 Å². The minimum absolute atomic E-state index is 0.101. The normalized spacial score (nSPS) is 13.0. The number of nitrogens with one attached hydrogen (secondary N) is 1. The summed E-state index contributed by atoms with van der Waals surface area (Å²) in [7, 11) is 0. The molecule has 0 aliphatic carbocycles. The van der Waals surface area contributed by atoms with Gasteiger partial charge in [0.1, 0.15) is 6.04 Å². The highest BCUT2D eigenvalue weighted by Crippen LogP contribution is 2.19. The molecule has 2 unspecified atom stereocenters. The summed E-state index contributed by atoms with van der Waals surface area (Å²) in [6.45, 7) is 0. The zero-order valence-corrected chi connectivity index (χ0v) is 12.5. The van der Waals surface area contributed by atoms with Crippen molar-refractivity contribution in [3.63, 3.8) is 0 Å². The standard InChI is InChI=1S/C17H15ClN2O2/c18-14-8-6-12(7-9-14)15(11-19)20-17(22)10-16(21)13-4-2-1-3-5-13/h1-9,15-16,21H,10H2,(H,20,22). The second kappa shape index (κ2) is 7.60. The van der Waals surface area contributed by atoms with Crippen molar-refractivity contribution in [2.24, 2.45) is 0 Å². The van der Waals surface area contributed by atoms with Crippen LogP contribution in [0, 0.1) is 11.3 Å². The fourth-order valence-corrected chi connectivity index (χ4v) is 2.16. The molecule has 0 aliphatic heterocycles. The van der Waals surface area contributed by atoms with Crippen molar-refractivity contribution in [3.8, 4) is 6.07 Å². The number of halogens is 1. The molecule has 0 aliphatic rings. The Morgan fingerprint density at radius 3 is 2.36 bits per heavy atom. The SMILES string of the molecule is N#CC(NC(=O)CC(O)c1ccccc1)c1ccc(Cl)cc1. The number of carbonyl (C=O) groups excluding carboxylic acids is 1. The van der Waals surface area contributed by atoms with E-state index in [1.165, 1.54) is 0 Å². The van der Waals surface area contributed by atoms with Gasteiger partial charge < -0.3 is 10.4 Å². The van der Waals surface area contributed by atoms with E-state index in [4.69, 9.17) is 11.6 Å². The number of nitriles is 1. The number of rotatable bonds is 5. The highest BCUT2D eigenvalue weighted by atomic mass is 35.5. The summed E-state index contributed by atoms with van der Waals surface area (Å²) >= 11 is 5.80. The van der Waals surface area contributed by atoms with Crippen LogP contribution in [0.4, 0.5) is 0 Å². The lowest BCUT2D eigenvalue weighted by Crippen LogP contribution is -2.28. The summed E-state index contributed by atoms with van der Waals surface area (Å²) < 4.78 is 0. The third-order valence-corrected chi connectivity index (χ3v) is 3.45. The Morgan fingerprint density at radius 2 is 1.77 bits per heavy atom. The number of carbonyl (C=O) groups is 1. The molecule has 22 heavy (non-hydrogen) atoms. The predicted molar refractivity (Wildman–Crippen MR) is 84.0 cm³/mol. The van der Waals surface area contributed by atoms with Crippen LogP contribution in [0.15, 0.2) is 54.6 Å². The van der Waals surface area contributed by atoms with Crippen molar-refractivity contribution >= 4 is 17.5 Å². The third-order valence-electron chi connectivity index (χ3n) is 3.20. The van der Waals surface area contributed by atoms with E-state index in [9.17, 15) is 15.2 Å². The van der Waals surface area contributed by atoms with Crippen LogP contribution in [0.25, 0.3) is 0 Å². The van der Waals surface area contributed by atoms with Crippen molar-refractivity contribution in [1.82, 2.24) is 5.32 Å². The summed E-state index contributed by atoms with van der Waals surface area (Å²) in [5, 5.41) is 22.4. The number of aliphatic hydroxyl groups excluding tert-OH is 1. The molecule has 2 atom stereocenters. The van der Waals surface area contributed by atoms with Gasteiger partial charge in [0.2, 0.25) is 5.91 Å². The lowest BCUT2D eigenvalue weighted by molar-refractivity contribution is -0.123. The van der Waals surface area contributed by atoms with Gasteiger partial charge in [-0.3, -0.25) is 4.79 Å². The molecule has 0 saturated carbocycles. The number of aliphatic hydroxyl groups is 1. The lowest BCUT2D eigenvalue weighted by atomic mass is 10.1. The van der Waals surface area contributed by atoms with Crippen molar-refractivity contribution < 1.29 is 9.90 Å². The topological polar surface area (TPSA) is 73.1 Å². The molecule has 0 spiro atoms. The first-order valence-corrected chi connectivity index (χ1v) is 7.15. The van der Waals surface area contributed by atoms with E-state index in [-0.39, 0.29) is 6.42 Å². The number of hydrogen-bond acceptors (Lipinski definition) is 3. The summed E-state index contributed by atoms with van der Waals surface area (Å²) in [6.07, 6.45) is -0.999. The zero-order chi connectivity index (χ0) is 15.9. The fraction of sp³-hybridized carbons (Fsp3) is 0.176. The first-order valence-electron chi connectivity index (χ1n) is 6.77. The third kappa shape index (κ3) is 4.32. The van der Waals surface area contributed by atoms with Crippen LogP contribution in [0.3, 0.4) is 0 Å². The smallest absolute Gasteiger partial charge is 0.224 e. The highest BCUT2D eigenvalue weighted by molar-refractivity contribution is 6.30. The molecule has 0 radical (unpaired) electrons. The molecular formula is C17H15ClN2O2. The molecule has 0 aromatic heterocycles. The average molecular weight is 315 g/mol. The summed E-state index contributed by atoms with van der Waals surface area (Å²) in [6, 6.07) is 16.9. The van der Waals surface area contributed by atoms with Gasteiger partial charge in [-0.1, -0.05) is 54.1 Å². The summed E-state index contributed by atoms with van der Waals surface area (Å²) in [4.78, 5) is 12.0. The zero-order valence-electron chi connectivity index (χ0n) is 11.7. The van der Waals surface area contributed by atoms with Gasteiger partial charge in [-0.15, -0.1) is 0 Å². The van der Waals surface area contributed by atoms with E-state index >= 15 is 0 Å². The van der Waals surface area contributed by atoms with E-state index in [1.54, 1.807) is 48.5 Å². The molecule has 0 saturated heterocycles. The van der Waals surface area contributed by atoms with Gasteiger partial charge in [-0.2, -0.15) is 5.26 Å².